The van der Waals surface area contributed by atoms with Crippen LogP contribution in [0.4, 0.5) is 0 Å². The van der Waals surface area contributed by atoms with Crippen LogP contribution < -0.4 is 0 Å². The standard InChI is InChI=1S/C11H10BrNO2/c1-5-6(2)13-10-8(5)3-7(11(14)15)4-9(10)12/h3-4,13H,1-2H3,(H,14,15). The second-order valence-electron chi connectivity index (χ2n) is 3.56. The van der Waals surface area contributed by atoms with Gasteiger partial charge in [0.2, 0.25) is 0 Å². The third kappa shape index (κ3) is 1.55. The molecular formula is C11H10BrNO2. The van der Waals surface area contributed by atoms with Gasteiger partial charge in [-0.15, -0.1) is 0 Å². The van der Waals surface area contributed by atoms with Gasteiger partial charge in [0.1, 0.15) is 0 Å². The first-order valence-corrected chi connectivity index (χ1v) is 5.31. The molecule has 0 aliphatic rings. The minimum absolute atomic E-state index is 0.302. The molecule has 0 amide bonds. The lowest BCUT2D eigenvalue weighted by molar-refractivity contribution is 0.0697. The van der Waals surface area contributed by atoms with Crippen LogP contribution in [0.5, 0.6) is 0 Å². The number of aromatic nitrogens is 1. The van der Waals surface area contributed by atoms with Gasteiger partial charge in [0.05, 0.1) is 11.1 Å². The summed E-state index contributed by atoms with van der Waals surface area (Å²) < 4.78 is 0.786. The van der Waals surface area contributed by atoms with Crippen LogP contribution in [0.2, 0.25) is 0 Å². The molecule has 0 atom stereocenters. The normalized spacial score (nSPS) is 10.9. The lowest BCUT2D eigenvalue weighted by Crippen LogP contribution is -1.95. The zero-order chi connectivity index (χ0) is 11.2. The summed E-state index contributed by atoms with van der Waals surface area (Å²) in [5, 5.41) is 9.89. The molecular weight excluding hydrogens is 258 g/mol. The zero-order valence-electron chi connectivity index (χ0n) is 8.39. The van der Waals surface area contributed by atoms with E-state index in [0.717, 1.165) is 26.6 Å². The Morgan fingerprint density at radius 2 is 2.07 bits per heavy atom. The molecule has 0 saturated heterocycles. The molecule has 0 aliphatic carbocycles. The third-order valence-corrected chi connectivity index (χ3v) is 3.24. The van der Waals surface area contributed by atoms with Gasteiger partial charge in [-0.1, -0.05) is 0 Å². The van der Waals surface area contributed by atoms with Crippen molar-refractivity contribution in [3.63, 3.8) is 0 Å². The van der Waals surface area contributed by atoms with E-state index in [9.17, 15) is 4.79 Å². The van der Waals surface area contributed by atoms with Crippen LogP contribution in [0.1, 0.15) is 21.6 Å². The molecule has 3 nitrogen and oxygen atoms in total. The van der Waals surface area contributed by atoms with Gasteiger partial charge in [-0.3, -0.25) is 0 Å². The maximum atomic E-state index is 10.9. The second-order valence-corrected chi connectivity index (χ2v) is 4.42. The number of benzene rings is 1. The highest BCUT2D eigenvalue weighted by atomic mass is 79.9. The van der Waals surface area contributed by atoms with Crippen molar-refractivity contribution in [2.24, 2.45) is 0 Å². The van der Waals surface area contributed by atoms with Crippen LogP contribution in [0.15, 0.2) is 16.6 Å². The summed E-state index contributed by atoms with van der Waals surface area (Å²) in [6.07, 6.45) is 0. The summed E-state index contributed by atoms with van der Waals surface area (Å²) >= 11 is 3.37. The maximum absolute atomic E-state index is 10.9. The number of hydrogen-bond donors (Lipinski definition) is 2. The fraction of sp³-hybridized carbons (Fsp3) is 0.182. The van der Waals surface area contributed by atoms with Gasteiger partial charge < -0.3 is 10.1 Å². The van der Waals surface area contributed by atoms with E-state index in [2.05, 4.69) is 20.9 Å². The van der Waals surface area contributed by atoms with Crippen molar-refractivity contribution in [1.82, 2.24) is 4.98 Å². The molecule has 1 aromatic heterocycles. The first-order valence-electron chi connectivity index (χ1n) is 4.52. The van der Waals surface area contributed by atoms with E-state index in [1.807, 2.05) is 13.8 Å². The first-order chi connectivity index (χ1) is 7.00. The predicted octanol–water partition coefficient (Wildman–Crippen LogP) is 3.25. The summed E-state index contributed by atoms with van der Waals surface area (Å²) in [5.74, 6) is -0.907. The van der Waals surface area contributed by atoms with Crippen molar-refractivity contribution in [3.05, 3.63) is 33.4 Å². The van der Waals surface area contributed by atoms with Crippen molar-refractivity contribution < 1.29 is 9.90 Å². The Bertz CT molecular complexity index is 557. The zero-order valence-corrected chi connectivity index (χ0v) is 9.97. The number of hydrogen-bond acceptors (Lipinski definition) is 1. The quantitative estimate of drug-likeness (QED) is 0.834. The number of carboxylic acid groups (broad SMARTS) is 1. The monoisotopic (exact) mass is 267 g/mol. The molecule has 78 valence electrons. The lowest BCUT2D eigenvalue weighted by atomic mass is 10.1. The van der Waals surface area contributed by atoms with E-state index in [1.54, 1.807) is 12.1 Å². The molecule has 1 aromatic carbocycles. The molecule has 0 bridgehead atoms. The number of aryl methyl sites for hydroxylation is 2. The SMILES string of the molecule is Cc1[nH]c2c(Br)cc(C(=O)O)cc2c1C. The van der Waals surface area contributed by atoms with Gasteiger partial charge in [-0.25, -0.2) is 4.79 Å². The highest BCUT2D eigenvalue weighted by Crippen LogP contribution is 2.29. The highest BCUT2D eigenvalue weighted by Gasteiger charge is 2.11. The van der Waals surface area contributed by atoms with E-state index in [4.69, 9.17) is 5.11 Å². The number of aromatic carboxylic acids is 1. The van der Waals surface area contributed by atoms with Crippen LogP contribution >= 0.6 is 15.9 Å². The Kier molecular flexibility index (Phi) is 2.31. The van der Waals surface area contributed by atoms with E-state index in [0.29, 0.717) is 5.56 Å². The first kappa shape index (κ1) is 10.2. The number of carbonyl (C=O) groups is 1. The Morgan fingerprint density at radius 1 is 1.40 bits per heavy atom. The van der Waals surface area contributed by atoms with Gasteiger partial charge in [0, 0.05) is 15.6 Å². The number of carboxylic acids is 1. The van der Waals surface area contributed by atoms with Crippen molar-refractivity contribution in [1.29, 1.82) is 0 Å². The number of H-pyrrole nitrogens is 1. The second kappa shape index (κ2) is 3.38. The van der Waals surface area contributed by atoms with Gasteiger partial charge in [-0.05, 0) is 47.5 Å². The molecule has 0 radical (unpaired) electrons. The molecule has 0 saturated carbocycles. The summed E-state index contributed by atoms with van der Waals surface area (Å²) in [6, 6.07) is 3.31. The summed E-state index contributed by atoms with van der Waals surface area (Å²) in [6.45, 7) is 3.95. The number of aromatic amines is 1. The molecule has 0 spiro atoms. The molecule has 0 aliphatic heterocycles. The fourth-order valence-electron chi connectivity index (χ4n) is 1.64. The van der Waals surface area contributed by atoms with Crippen LogP contribution in [0, 0.1) is 13.8 Å². The third-order valence-electron chi connectivity index (χ3n) is 2.62. The molecule has 4 heteroatoms. The molecule has 1 heterocycles. The summed E-state index contributed by atoms with van der Waals surface area (Å²) in [4.78, 5) is 14.1. The Balaban J connectivity index is 2.85. The topological polar surface area (TPSA) is 53.1 Å². The summed E-state index contributed by atoms with van der Waals surface area (Å²) in [5.41, 5.74) is 3.41. The lowest BCUT2D eigenvalue weighted by Gasteiger charge is -1.99. The van der Waals surface area contributed by atoms with E-state index in [1.165, 1.54) is 0 Å². The van der Waals surface area contributed by atoms with Gasteiger partial charge in [0.15, 0.2) is 0 Å². The molecule has 15 heavy (non-hydrogen) atoms. The van der Waals surface area contributed by atoms with Crippen LogP contribution in [-0.4, -0.2) is 16.1 Å². The van der Waals surface area contributed by atoms with E-state index < -0.39 is 5.97 Å². The van der Waals surface area contributed by atoms with Crippen molar-refractivity contribution >= 4 is 32.8 Å². The molecule has 2 N–H and O–H groups in total. The fourth-order valence-corrected chi connectivity index (χ4v) is 2.20. The van der Waals surface area contributed by atoms with Crippen molar-refractivity contribution in [2.75, 3.05) is 0 Å². The number of fused-ring (bicyclic) bond motifs is 1. The number of rotatable bonds is 1. The maximum Gasteiger partial charge on any atom is 0.335 e. The molecule has 0 unspecified atom stereocenters. The summed E-state index contributed by atoms with van der Waals surface area (Å²) in [7, 11) is 0. The Labute approximate surface area is 95.2 Å². The van der Waals surface area contributed by atoms with Gasteiger partial charge in [-0.2, -0.15) is 0 Å². The molecule has 0 fully saturated rings. The Morgan fingerprint density at radius 3 is 2.67 bits per heavy atom. The highest BCUT2D eigenvalue weighted by molar-refractivity contribution is 9.10. The van der Waals surface area contributed by atoms with Crippen molar-refractivity contribution in [3.8, 4) is 0 Å². The van der Waals surface area contributed by atoms with Gasteiger partial charge in [0.25, 0.3) is 0 Å². The van der Waals surface area contributed by atoms with E-state index >= 15 is 0 Å². The molecule has 2 aromatic rings. The predicted molar refractivity (Wildman–Crippen MR) is 62.4 cm³/mol. The average molecular weight is 268 g/mol. The van der Waals surface area contributed by atoms with Crippen LogP contribution in [0.3, 0.4) is 0 Å². The van der Waals surface area contributed by atoms with E-state index in [-0.39, 0.29) is 0 Å². The van der Waals surface area contributed by atoms with Gasteiger partial charge >= 0.3 is 5.97 Å². The average Bonchev–Trinajstić information content (AvgIpc) is 2.45. The number of nitrogens with one attached hydrogen (secondary N) is 1. The minimum atomic E-state index is -0.907. The number of halogens is 1. The smallest absolute Gasteiger partial charge is 0.335 e. The minimum Gasteiger partial charge on any atom is -0.478 e. The largest absolute Gasteiger partial charge is 0.478 e. The van der Waals surface area contributed by atoms with Crippen molar-refractivity contribution in [2.45, 2.75) is 13.8 Å². The Hall–Kier alpha value is -1.29. The van der Waals surface area contributed by atoms with Crippen LogP contribution in [-0.2, 0) is 0 Å². The van der Waals surface area contributed by atoms with Crippen LogP contribution in [0.25, 0.3) is 10.9 Å². The molecule has 2 rings (SSSR count).